The minimum Gasteiger partial charge on any atom is -0.332 e. The van der Waals surface area contributed by atoms with Crippen molar-refractivity contribution in [3.05, 3.63) is 94.0 Å². The summed E-state index contributed by atoms with van der Waals surface area (Å²) in [4.78, 5) is 14.2. The van der Waals surface area contributed by atoms with Gasteiger partial charge in [0.05, 0.1) is 16.3 Å². The highest BCUT2D eigenvalue weighted by molar-refractivity contribution is 7.80. The summed E-state index contributed by atoms with van der Waals surface area (Å²) in [5.41, 5.74) is 4.17. The second kappa shape index (κ2) is 9.02. The van der Waals surface area contributed by atoms with Gasteiger partial charge in [-0.1, -0.05) is 59.6 Å². The first-order valence-corrected chi connectivity index (χ1v) is 11.5. The van der Waals surface area contributed by atoms with Crippen LogP contribution in [0, 0.1) is 6.92 Å². The fourth-order valence-corrected chi connectivity index (χ4v) is 4.27. The highest BCUT2D eigenvalue weighted by Crippen LogP contribution is 2.25. The molecule has 1 aromatic heterocycles. The van der Waals surface area contributed by atoms with Gasteiger partial charge in [-0.3, -0.25) is 10.1 Å². The highest BCUT2D eigenvalue weighted by atomic mass is 35.5. The van der Waals surface area contributed by atoms with Crippen molar-refractivity contribution in [1.82, 2.24) is 20.3 Å². The molecule has 0 aliphatic carbocycles. The van der Waals surface area contributed by atoms with E-state index in [1.54, 1.807) is 16.9 Å². The zero-order valence-corrected chi connectivity index (χ0v) is 20.2. The number of nitrogens with zero attached hydrogens (tertiary/aromatic N) is 3. The molecule has 168 valence electrons. The van der Waals surface area contributed by atoms with Crippen LogP contribution >= 0.6 is 35.4 Å². The number of aromatic nitrogens is 3. The third kappa shape index (κ3) is 4.33. The van der Waals surface area contributed by atoms with Crippen LogP contribution in [0.4, 0.5) is 5.69 Å². The van der Waals surface area contributed by atoms with Crippen LogP contribution in [0.15, 0.2) is 72.8 Å². The van der Waals surface area contributed by atoms with Crippen LogP contribution in [-0.2, 0) is 0 Å². The Labute approximate surface area is 210 Å². The number of aryl methyl sites for hydroxylation is 1. The Morgan fingerprint density at radius 2 is 1.68 bits per heavy atom. The molecule has 4 aromatic carbocycles. The Balaban J connectivity index is 1.41. The summed E-state index contributed by atoms with van der Waals surface area (Å²) < 4.78 is 0. The van der Waals surface area contributed by atoms with Crippen molar-refractivity contribution in [2.75, 3.05) is 5.32 Å². The maximum atomic E-state index is 12.6. The number of amides is 1. The molecule has 0 atom stereocenters. The zero-order chi connectivity index (χ0) is 23.8. The van der Waals surface area contributed by atoms with Crippen molar-refractivity contribution in [2.45, 2.75) is 6.92 Å². The van der Waals surface area contributed by atoms with Crippen molar-refractivity contribution < 1.29 is 4.79 Å². The molecular formula is C25H17Cl2N5OS. The van der Waals surface area contributed by atoms with E-state index in [1.165, 1.54) is 6.07 Å². The number of benzene rings is 4. The summed E-state index contributed by atoms with van der Waals surface area (Å²) in [5, 5.41) is 18.0. The maximum absolute atomic E-state index is 12.6. The number of carbonyl (C=O) groups is 1. The molecule has 9 heteroatoms. The fourth-order valence-electron chi connectivity index (χ4n) is 3.69. The lowest BCUT2D eigenvalue weighted by Gasteiger charge is -2.12. The van der Waals surface area contributed by atoms with Gasteiger partial charge in [-0.25, -0.2) is 0 Å². The van der Waals surface area contributed by atoms with Crippen molar-refractivity contribution in [2.24, 2.45) is 0 Å². The third-order valence-corrected chi connectivity index (χ3v) is 6.13. The molecular weight excluding hydrogens is 489 g/mol. The molecule has 6 nitrogen and oxygen atoms in total. The van der Waals surface area contributed by atoms with Crippen LogP contribution in [0.3, 0.4) is 0 Å². The standard InChI is InChI=1S/C25H17Cl2N5OS/c1-14-11-21-22(31-32(30-21)23-8-4-6-15-5-2-3-7-17(15)23)13-20(14)28-25(34)29-24(33)18-12-16(26)9-10-19(18)27/h2-13H,1H3,(H2,28,29,33,34). The Bertz CT molecular complexity index is 1590. The van der Waals surface area contributed by atoms with Gasteiger partial charge < -0.3 is 5.32 Å². The van der Waals surface area contributed by atoms with E-state index in [1.807, 2.05) is 49.4 Å². The topological polar surface area (TPSA) is 71.8 Å². The number of hydrogen-bond acceptors (Lipinski definition) is 4. The summed E-state index contributed by atoms with van der Waals surface area (Å²) >= 11 is 17.4. The van der Waals surface area contributed by atoms with Gasteiger partial charge in [0.1, 0.15) is 11.0 Å². The fraction of sp³-hybridized carbons (Fsp3) is 0.0400. The zero-order valence-electron chi connectivity index (χ0n) is 17.8. The number of anilines is 1. The molecule has 0 aliphatic heterocycles. The first-order valence-electron chi connectivity index (χ1n) is 10.3. The molecule has 1 heterocycles. The van der Waals surface area contributed by atoms with E-state index >= 15 is 0 Å². The minimum atomic E-state index is -0.453. The number of carbonyl (C=O) groups excluding carboxylic acids is 1. The molecule has 0 saturated heterocycles. The molecule has 5 rings (SSSR count). The number of hydrogen-bond donors (Lipinski definition) is 2. The normalized spacial score (nSPS) is 11.0. The smallest absolute Gasteiger partial charge is 0.258 e. The second-order valence-corrected chi connectivity index (χ2v) is 8.93. The number of rotatable bonds is 3. The summed E-state index contributed by atoms with van der Waals surface area (Å²) in [6, 6.07) is 22.6. The van der Waals surface area contributed by atoms with Crippen LogP contribution in [0.25, 0.3) is 27.5 Å². The number of nitrogens with one attached hydrogen (secondary N) is 2. The van der Waals surface area contributed by atoms with E-state index in [4.69, 9.17) is 35.4 Å². The molecule has 5 aromatic rings. The predicted molar refractivity (Wildman–Crippen MR) is 141 cm³/mol. The van der Waals surface area contributed by atoms with Crippen LogP contribution in [0.2, 0.25) is 10.0 Å². The molecule has 0 radical (unpaired) electrons. The van der Waals surface area contributed by atoms with E-state index in [0.29, 0.717) is 16.2 Å². The summed E-state index contributed by atoms with van der Waals surface area (Å²) in [7, 11) is 0. The first-order chi connectivity index (χ1) is 16.4. The Kier molecular flexibility index (Phi) is 5.91. The first kappa shape index (κ1) is 22.3. The van der Waals surface area contributed by atoms with Gasteiger partial charge in [0.15, 0.2) is 5.11 Å². The Morgan fingerprint density at radius 3 is 2.50 bits per heavy atom. The van der Waals surface area contributed by atoms with Gasteiger partial charge >= 0.3 is 0 Å². The van der Waals surface area contributed by atoms with E-state index in [0.717, 1.165) is 27.5 Å². The predicted octanol–water partition coefficient (Wildman–Crippen LogP) is 6.32. The molecule has 34 heavy (non-hydrogen) atoms. The van der Waals surface area contributed by atoms with Crippen molar-refractivity contribution in [3.63, 3.8) is 0 Å². The van der Waals surface area contributed by atoms with Crippen LogP contribution in [0.1, 0.15) is 15.9 Å². The maximum Gasteiger partial charge on any atom is 0.258 e. The average Bonchev–Trinajstić information content (AvgIpc) is 3.22. The number of halogens is 2. The summed E-state index contributed by atoms with van der Waals surface area (Å²) in [6.07, 6.45) is 0. The number of fused-ring (bicyclic) bond motifs is 2. The van der Waals surface area contributed by atoms with Crippen LogP contribution in [-0.4, -0.2) is 26.0 Å². The van der Waals surface area contributed by atoms with Gasteiger partial charge in [0.2, 0.25) is 0 Å². The molecule has 0 saturated carbocycles. The Morgan fingerprint density at radius 1 is 0.941 bits per heavy atom. The van der Waals surface area contributed by atoms with Crippen LogP contribution < -0.4 is 10.6 Å². The molecule has 2 N–H and O–H groups in total. The second-order valence-electron chi connectivity index (χ2n) is 7.68. The van der Waals surface area contributed by atoms with Gasteiger partial charge in [0.25, 0.3) is 5.91 Å². The molecule has 0 aliphatic rings. The highest BCUT2D eigenvalue weighted by Gasteiger charge is 2.15. The Hall–Kier alpha value is -3.52. The summed E-state index contributed by atoms with van der Waals surface area (Å²) in [6.45, 7) is 1.93. The molecule has 0 fully saturated rings. The van der Waals surface area contributed by atoms with Crippen LogP contribution in [0.5, 0.6) is 0 Å². The minimum absolute atomic E-state index is 0.130. The van der Waals surface area contributed by atoms with Crippen molar-refractivity contribution >= 4 is 73.9 Å². The van der Waals surface area contributed by atoms with Crippen molar-refractivity contribution in [1.29, 1.82) is 0 Å². The number of thiocarbonyl (C=S) groups is 1. The lowest BCUT2D eigenvalue weighted by atomic mass is 10.1. The molecule has 1 amide bonds. The lowest BCUT2D eigenvalue weighted by molar-refractivity contribution is 0.0978. The SMILES string of the molecule is Cc1cc2nn(-c3cccc4ccccc34)nc2cc1NC(=S)NC(=O)c1cc(Cl)ccc1Cl. The lowest BCUT2D eigenvalue weighted by Crippen LogP contribution is -2.34. The van der Waals surface area contributed by atoms with Gasteiger partial charge in [-0.2, -0.15) is 0 Å². The quantitative estimate of drug-likeness (QED) is 0.281. The molecule has 0 spiro atoms. The average molecular weight is 506 g/mol. The third-order valence-electron chi connectivity index (χ3n) is 5.36. The molecule has 0 unspecified atom stereocenters. The van der Waals surface area contributed by atoms with Gasteiger partial charge in [0, 0.05) is 16.1 Å². The summed E-state index contributed by atoms with van der Waals surface area (Å²) in [5.74, 6) is -0.453. The van der Waals surface area contributed by atoms with Gasteiger partial charge in [-0.05, 0) is 66.5 Å². The van der Waals surface area contributed by atoms with E-state index in [2.05, 4.69) is 33.0 Å². The van der Waals surface area contributed by atoms with E-state index < -0.39 is 5.91 Å². The largest absolute Gasteiger partial charge is 0.332 e. The van der Waals surface area contributed by atoms with E-state index in [-0.39, 0.29) is 15.7 Å². The monoisotopic (exact) mass is 505 g/mol. The molecule has 0 bridgehead atoms. The van der Waals surface area contributed by atoms with Gasteiger partial charge in [-0.15, -0.1) is 15.0 Å². The van der Waals surface area contributed by atoms with Crippen molar-refractivity contribution in [3.8, 4) is 5.69 Å². The van der Waals surface area contributed by atoms with E-state index in [9.17, 15) is 4.79 Å².